The van der Waals surface area contributed by atoms with Gasteiger partial charge >= 0.3 is 12.4 Å². The van der Waals surface area contributed by atoms with Gasteiger partial charge in [0.1, 0.15) is 5.41 Å². The summed E-state index contributed by atoms with van der Waals surface area (Å²) in [6.45, 7) is 1.90. The van der Waals surface area contributed by atoms with Gasteiger partial charge in [-0.3, -0.25) is 0 Å². The van der Waals surface area contributed by atoms with Crippen molar-refractivity contribution in [3.63, 3.8) is 0 Å². The normalized spacial score (nSPS) is 28.6. The van der Waals surface area contributed by atoms with Crippen molar-refractivity contribution in [3.05, 3.63) is 76.9 Å². The molecule has 7 heteroatoms. The van der Waals surface area contributed by atoms with Crippen LogP contribution in [0.2, 0.25) is 0 Å². The van der Waals surface area contributed by atoms with E-state index in [1.807, 2.05) is 0 Å². The van der Waals surface area contributed by atoms with Gasteiger partial charge < -0.3 is 0 Å². The van der Waals surface area contributed by atoms with Crippen molar-refractivity contribution in [2.45, 2.75) is 32.6 Å². The highest BCUT2D eigenvalue weighted by molar-refractivity contribution is 5.88. The van der Waals surface area contributed by atoms with Crippen LogP contribution in [-0.2, 0) is 0 Å². The van der Waals surface area contributed by atoms with E-state index in [0.29, 0.717) is 6.92 Å². The summed E-state index contributed by atoms with van der Waals surface area (Å²) in [5.41, 5.74) is -5.68. The summed E-state index contributed by atoms with van der Waals surface area (Å²) in [6, 6.07) is 9.01. The standard InChI is InChI=1S/C23H19F6N/c1-14(13-30)17-18(15-9-5-3-6-10-15)20(22(24,25)26)21(2,23(27,28)29)19(17)16-11-7-4-8-12-16/h3-11,16,19H,12H2,1-2H3/b17-14+. The van der Waals surface area contributed by atoms with Crippen molar-refractivity contribution in [2.24, 2.45) is 17.3 Å². The first-order valence-corrected chi connectivity index (χ1v) is 9.33. The Morgan fingerprint density at radius 2 is 1.70 bits per heavy atom. The lowest BCUT2D eigenvalue weighted by Gasteiger charge is -2.40. The molecule has 1 nitrogen and oxygen atoms in total. The Kier molecular flexibility index (Phi) is 5.48. The van der Waals surface area contributed by atoms with E-state index in [-0.39, 0.29) is 23.1 Å². The highest BCUT2D eigenvalue weighted by atomic mass is 19.4. The van der Waals surface area contributed by atoms with E-state index in [4.69, 9.17) is 0 Å². The molecule has 0 aliphatic heterocycles. The zero-order valence-electron chi connectivity index (χ0n) is 16.3. The second-order valence-electron chi connectivity index (χ2n) is 7.65. The number of alkyl halides is 6. The van der Waals surface area contributed by atoms with Gasteiger partial charge in [-0.25, -0.2) is 0 Å². The molecule has 30 heavy (non-hydrogen) atoms. The van der Waals surface area contributed by atoms with Crippen LogP contribution in [-0.4, -0.2) is 12.4 Å². The molecule has 0 N–H and O–H groups in total. The van der Waals surface area contributed by atoms with E-state index >= 15 is 0 Å². The Balaban J connectivity index is 2.48. The van der Waals surface area contributed by atoms with E-state index in [0.717, 1.165) is 0 Å². The summed E-state index contributed by atoms with van der Waals surface area (Å²) in [6.07, 6.45) is -3.95. The Morgan fingerprint density at radius 1 is 1.07 bits per heavy atom. The molecule has 0 amide bonds. The number of rotatable bonds is 2. The molecule has 0 saturated carbocycles. The molecular weight excluding hydrogens is 404 g/mol. The van der Waals surface area contributed by atoms with Crippen LogP contribution in [0.15, 0.2) is 71.4 Å². The van der Waals surface area contributed by atoms with Crippen molar-refractivity contribution in [1.29, 1.82) is 5.26 Å². The smallest absolute Gasteiger partial charge is 0.193 e. The van der Waals surface area contributed by atoms with E-state index in [9.17, 15) is 31.6 Å². The third kappa shape index (κ3) is 3.38. The van der Waals surface area contributed by atoms with Gasteiger partial charge in [0.15, 0.2) is 0 Å². The number of hydrogen-bond acceptors (Lipinski definition) is 1. The summed E-state index contributed by atoms with van der Waals surface area (Å²) < 4.78 is 86.4. The fraction of sp³-hybridized carbons (Fsp3) is 0.348. The van der Waals surface area contributed by atoms with Gasteiger partial charge in [-0.2, -0.15) is 31.6 Å². The number of hydrogen-bond donors (Lipinski definition) is 0. The highest BCUT2D eigenvalue weighted by Gasteiger charge is 2.70. The molecular formula is C23H19F6N. The number of nitriles is 1. The number of nitrogens with zero attached hydrogens (tertiary/aromatic N) is 1. The largest absolute Gasteiger partial charge is 0.414 e. The van der Waals surface area contributed by atoms with Crippen LogP contribution in [0.1, 0.15) is 25.8 Å². The minimum absolute atomic E-state index is 0.0164. The second kappa shape index (κ2) is 7.50. The van der Waals surface area contributed by atoms with Crippen molar-refractivity contribution in [2.75, 3.05) is 0 Å². The molecule has 0 aromatic heterocycles. The summed E-state index contributed by atoms with van der Waals surface area (Å²) in [5.74, 6) is -2.41. The Morgan fingerprint density at radius 3 is 2.17 bits per heavy atom. The first-order valence-electron chi connectivity index (χ1n) is 9.33. The molecule has 2 aliphatic carbocycles. The minimum atomic E-state index is -5.24. The molecule has 0 radical (unpaired) electrons. The SMILES string of the molecule is C/C(C#N)=C1/C(c2ccccc2)=C(C(F)(F)F)C(C)(C(F)(F)F)C1C1C=CC=CC1. The van der Waals surface area contributed by atoms with Crippen LogP contribution in [0.3, 0.4) is 0 Å². The first kappa shape index (κ1) is 21.9. The molecule has 1 aromatic carbocycles. The number of benzene rings is 1. The highest BCUT2D eigenvalue weighted by Crippen LogP contribution is 2.67. The molecule has 2 aliphatic rings. The van der Waals surface area contributed by atoms with Crippen LogP contribution in [0.5, 0.6) is 0 Å². The maximum absolute atomic E-state index is 14.5. The van der Waals surface area contributed by atoms with E-state index in [2.05, 4.69) is 0 Å². The molecule has 1 aromatic rings. The van der Waals surface area contributed by atoms with Gasteiger partial charge in [0.25, 0.3) is 0 Å². The molecule has 0 fully saturated rings. The topological polar surface area (TPSA) is 23.8 Å². The van der Waals surface area contributed by atoms with Gasteiger partial charge in [-0.1, -0.05) is 54.6 Å². The lowest BCUT2D eigenvalue weighted by atomic mass is 9.65. The Bertz CT molecular complexity index is 985. The lowest BCUT2D eigenvalue weighted by molar-refractivity contribution is -0.236. The summed E-state index contributed by atoms with van der Waals surface area (Å²) in [4.78, 5) is 0. The first-order chi connectivity index (χ1) is 13.9. The third-order valence-corrected chi connectivity index (χ3v) is 5.92. The average Bonchev–Trinajstić information content (AvgIpc) is 2.99. The molecule has 0 heterocycles. The third-order valence-electron chi connectivity index (χ3n) is 5.92. The van der Waals surface area contributed by atoms with Crippen LogP contribution in [0.25, 0.3) is 5.57 Å². The molecule has 158 valence electrons. The van der Waals surface area contributed by atoms with Gasteiger partial charge in [-0.15, -0.1) is 0 Å². The van der Waals surface area contributed by atoms with Crippen molar-refractivity contribution in [1.82, 2.24) is 0 Å². The van der Waals surface area contributed by atoms with Gasteiger partial charge in [-0.05, 0) is 42.9 Å². The zero-order valence-corrected chi connectivity index (χ0v) is 16.3. The van der Waals surface area contributed by atoms with E-state index < -0.39 is 40.7 Å². The van der Waals surface area contributed by atoms with Gasteiger partial charge in [0.05, 0.1) is 11.6 Å². The molecule has 3 atom stereocenters. The van der Waals surface area contributed by atoms with Crippen molar-refractivity contribution in [3.8, 4) is 6.07 Å². The monoisotopic (exact) mass is 423 g/mol. The predicted molar refractivity (Wildman–Crippen MR) is 102 cm³/mol. The second-order valence-corrected chi connectivity index (χ2v) is 7.65. The molecule has 0 bridgehead atoms. The minimum Gasteiger partial charge on any atom is -0.193 e. The van der Waals surface area contributed by atoms with Crippen molar-refractivity contribution >= 4 is 5.57 Å². The molecule has 3 rings (SSSR count). The fourth-order valence-corrected chi connectivity index (χ4v) is 4.62. The summed E-state index contributed by atoms with van der Waals surface area (Å²) in [7, 11) is 0. The Hall–Kier alpha value is -2.75. The Labute approximate surface area is 170 Å². The predicted octanol–water partition coefficient (Wildman–Crippen LogP) is 7.17. The lowest BCUT2D eigenvalue weighted by Crippen LogP contribution is -2.47. The van der Waals surface area contributed by atoms with Crippen LogP contribution in [0.4, 0.5) is 26.3 Å². The molecule has 3 unspecified atom stereocenters. The van der Waals surface area contributed by atoms with Crippen LogP contribution in [0, 0.1) is 28.6 Å². The van der Waals surface area contributed by atoms with E-state index in [1.54, 1.807) is 24.3 Å². The maximum Gasteiger partial charge on any atom is 0.414 e. The number of halogens is 6. The average molecular weight is 423 g/mol. The quantitative estimate of drug-likeness (QED) is 0.365. The number of allylic oxidation sites excluding steroid dienone is 8. The van der Waals surface area contributed by atoms with Crippen LogP contribution >= 0.6 is 0 Å². The van der Waals surface area contributed by atoms with E-state index in [1.165, 1.54) is 43.3 Å². The molecule has 0 saturated heterocycles. The zero-order chi connectivity index (χ0) is 22.3. The fourth-order valence-electron chi connectivity index (χ4n) is 4.62. The van der Waals surface area contributed by atoms with Gasteiger partial charge in [0.2, 0.25) is 0 Å². The van der Waals surface area contributed by atoms with Gasteiger partial charge in [0, 0.05) is 11.5 Å². The maximum atomic E-state index is 14.5. The summed E-state index contributed by atoms with van der Waals surface area (Å²) in [5, 5.41) is 9.51. The van der Waals surface area contributed by atoms with Crippen molar-refractivity contribution < 1.29 is 26.3 Å². The summed E-state index contributed by atoms with van der Waals surface area (Å²) >= 11 is 0. The van der Waals surface area contributed by atoms with Crippen LogP contribution < -0.4 is 0 Å². The molecule has 0 spiro atoms.